The SMILES string of the molecule is O=C(Nc1ccccc1)c1nn(-c2ccccc2Cl)c(=O)[nH]1. The first-order valence-electron chi connectivity index (χ1n) is 6.46. The number of carbonyl (C=O) groups is 1. The van der Waals surface area contributed by atoms with Crippen molar-refractivity contribution in [2.45, 2.75) is 0 Å². The summed E-state index contributed by atoms with van der Waals surface area (Å²) in [6, 6.07) is 15.6. The van der Waals surface area contributed by atoms with Crippen molar-refractivity contribution in [3.63, 3.8) is 0 Å². The lowest BCUT2D eigenvalue weighted by molar-refractivity contribution is 0.101. The molecule has 1 heterocycles. The van der Waals surface area contributed by atoms with Crippen LogP contribution in [0, 0.1) is 0 Å². The number of aromatic nitrogens is 3. The highest BCUT2D eigenvalue weighted by Gasteiger charge is 2.15. The molecule has 0 saturated carbocycles. The van der Waals surface area contributed by atoms with Crippen LogP contribution in [0.4, 0.5) is 5.69 Å². The summed E-state index contributed by atoms with van der Waals surface area (Å²) in [4.78, 5) is 26.5. The highest BCUT2D eigenvalue weighted by atomic mass is 35.5. The topological polar surface area (TPSA) is 79.8 Å². The molecule has 0 unspecified atom stereocenters. The molecule has 0 atom stereocenters. The number of nitrogens with zero attached hydrogens (tertiary/aromatic N) is 2. The first-order chi connectivity index (χ1) is 10.6. The Balaban J connectivity index is 1.91. The number of benzene rings is 2. The van der Waals surface area contributed by atoms with Gasteiger partial charge < -0.3 is 5.32 Å². The molecule has 2 aromatic carbocycles. The maximum absolute atomic E-state index is 12.1. The van der Waals surface area contributed by atoms with E-state index in [-0.39, 0.29) is 5.82 Å². The van der Waals surface area contributed by atoms with E-state index < -0.39 is 11.6 Å². The van der Waals surface area contributed by atoms with Gasteiger partial charge in [0.2, 0.25) is 5.82 Å². The van der Waals surface area contributed by atoms with E-state index in [1.54, 1.807) is 48.5 Å². The van der Waals surface area contributed by atoms with Crippen LogP contribution in [-0.4, -0.2) is 20.7 Å². The monoisotopic (exact) mass is 314 g/mol. The summed E-state index contributed by atoms with van der Waals surface area (Å²) in [5.74, 6) is -0.595. The molecule has 0 spiro atoms. The zero-order valence-corrected chi connectivity index (χ0v) is 12.0. The van der Waals surface area contributed by atoms with Crippen LogP contribution in [0.25, 0.3) is 5.69 Å². The van der Waals surface area contributed by atoms with Crippen LogP contribution in [0.1, 0.15) is 10.6 Å². The molecule has 2 N–H and O–H groups in total. The quantitative estimate of drug-likeness (QED) is 0.779. The van der Waals surface area contributed by atoms with Crippen molar-refractivity contribution in [1.29, 1.82) is 0 Å². The lowest BCUT2D eigenvalue weighted by atomic mass is 10.3. The number of rotatable bonds is 3. The number of hydrogen-bond donors (Lipinski definition) is 2. The first kappa shape index (κ1) is 14.1. The summed E-state index contributed by atoms with van der Waals surface area (Å²) < 4.78 is 1.06. The minimum Gasteiger partial charge on any atom is -0.319 e. The van der Waals surface area contributed by atoms with Crippen LogP contribution >= 0.6 is 11.6 Å². The van der Waals surface area contributed by atoms with E-state index in [0.717, 1.165) is 4.68 Å². The standard InChI is InChI=1S/C15H11ClN4O2/c16-11-8-4-5-9-12(11)20-15(22)18-13(19-20)14(21)17-10-6-2-1-3-7-10/h1-9H,(H,17,21)(H,18,19,22). The van der Waals surface area contributed by atoms with Gasteiger partial charge in [0.1, 0.15) is 0 Å². The normalized spacial score (nSPS) is 10.4. The molecule has 3 rings (SSSR count). The third kappa shape index (κ3) is 2.77. The molecule has 110 valence electrons. The van der Waals surface area contributed by atoms with E-state index in [1.807, 2.05) is 6.07 Å². The summed E-state index contributed by atoms with van der Waals surface area (Å²) in [6.45, 7) is 0. The van der Waals surface area contributed by atoms with E-state index in [0.29, 0.717) is 16.4 Å². The molecule has 0 aliphatic rings. The van der Waals surface area contributed by atoms with Crippen LogP contribution in [0.5, 0.6) is 0 Å². The van der Waals surface area contributed by atoms with E-state index in [1.165, 1.54) is 0 Å². The molecule has 22 heavy (non-hydrogen) atoms. The van der Waals surface area contributed by atoms with E-state index in [4.69, 9.17) is 11.6 Å². The lowest BCUT2D eigenvalue weighted by Crippen LogP contribution is -2.16. The molecule has 7 heteroatoms. The Hall–Kier alpha value is -2.86. The maximum atomic E-state index is 12.1. The Kier molecular flexibility index (Phi) is 3.76. The average molecular weight is 315 g/mol. The van der Waals surface area contributed by atoms with Crippen molar-refractivity contribution >= 4 is 23.2 Å². The van der Waals surface area contributed by atoms with Gasteiger partial charge in [-0.3, -0.25) is 9.78 Å². The lowest BCUT2D eigenvalue weighted by Gasteiger charge is -2.02. The minimum atomic E-state index is -0.536. The molecule has 6 nitrogen and oxygen atoms in total. The van der Waals surface area contributed by atoms with Crippen LogP contribution in [0.3, 0.4) is 0 Å². The molecule has 1 amide bonds. The van der Waals surface area contributed by atoms with Gasteiger partial charge in [-0.05, 0) is 24.3 Å². The Morgan fingerprint density at radius 3 is 2.50 bits per heavy atom. The van der Waals surface area contributed by atoms with Crippen LogP contribution in [0.15, 0.2) is 59.4 Å². The fourth-order valence-corrected chi connectivity index (χ4v) is 2.14. The van der Waals surface area contributed by atoms with Crippen molar-refractivity contribution in [2.24, 2.45) is 0 Å². The highest BCUT2D eigenvalue weighted by molar-refractivity contribution is 6.32. The molecule has 0 bridgehead atoms. The van der Waals surface area contributed by atoms with Gasteiger partial charge in [-0.2, -0.15) is 4.68 Å². The van der Waals surface area contributed by atoms with Crippen LogP contribution < -0.4 is 11.0 Å². The first-order valence-corrected chi connectivity index (χ1v) is 6.83. The predicted molar refractivity (Wildman–Crippen MR) is 83.6 cm³/mol. The Labute approximate surface area is 130 Å². The molecular weight excluding hydrogens is 304 g/mol. The Morgan fingerprint density at radius 2 is 1.77 bits per heavy atom. The van der Waals surface area contributed by atoms with Crippen molar-refractivity contribution in [3.05, 3.63) is 75.9 Å². The van der Waals surface area contributed by atoms with Gasteiger partial charge in [0.15, 0.2) is 0 Å². The largest absolute Gasteiger partial charge is 0.348 e. The van der Waals surface area contributed by atoms with Gasteiger partial charge in [-0.15, -0.1) is 5.10 Å². The summed E-state index contributed by atoms with van der Waals surface area (Å²) in [5, 5.41) is 7.00. The fraction of sp³-hybridized carbons (Fsp3) is 0. The van der Waals surface area contributed by atoms with Gasteiger partial charge in [-0.25, -0.2) is 4.79 Å². The van der Waals surface area contributed by atoms with E-state index in [2.05, 4.69) is 15.4 Å². The minimum absolute atomic E-state index is 0.0891. The summed E-state index contributed by atoms with van der Waals surface area (Å²) in [6.07, 6.45) is 0. The van der Waals surface area contributed by atoms with Gasteiger partial charge in [-0.1, -0.05) is 41.9 Å². The number of carbonyl (C=O) groups excluding carboxylic acids is 1. The van der Waals surface area contributed by atoms with Crippen molar-refractivity contribution < 1.29 is 4.79 Å². The molecule has 0 saturated heterocycles. The van der Waals surface area contributed by atoms with Gasteiger partial charge >= 0.3 is 5.69 Å². The second-order valence-corrected chi connectivity index (χ2v) is 4.87. The number of halogens is 1. The Morgan fingerprint density at radius 1 is 1.09 bits per heavy atom. The van der Waals surface area contributed by atoms with Crippen LogP contribution in [0.2, 0.25) is 5.02 Å². The zero-order chi connectivity index (χ0) is 15.5. The molecule has 0 aliphatic heterocycles. The number of aromatic amines is 1. The highest BCUT2D eigenvalue weighted by Crippen LogP contribution is 2.17. The van der Waals surface area contributed by atoms with Crippen molar-refractivity contribution in [1.82, 2.24) is 14.8 Å². The van der Waals surface area contributed by atoms with Crippen molar-refractivity contribution in [2.75, 3.05) is 5.32 Å². The molecule has 0 fully saturated rings. The average Bonchev–Trinajstić information content (AvgIpc) is 2.91. The summed E-state index contributed by atoms with van der Waals surface area (Å²) in [7, 11) is 0. The number of anilines is 1. The van der Waals surface area contributed by atoms with Gasteiger partial charge in [0, 0.05) is 5.69 Å². The number of nitrogens with one attached hydrogen (secondary N) is 2. The van der Waals surface area contributed by atoms with E-state index in [9.17, 15) is 9.59 Å². The molecule has 1 aromatic heterocycles. The van der Waals surface area contributed by atoms with Crippen molar-refractivity contribution in [3.8, 4) is 5.69 Å². The summed E-state index contributed by atoms with van der Waals surface area (Å²) in [5.41, 5.74) is 0.483. The maximum Gasteiger partial charge on any atom is 0.348 e. The third-order valence-electron chi connectivity index (χ3n) is 2.95. The second kappa shape index (κ2) is 5.87. The molecule has 0 radical (unpaired) electrons. The molecule has 3 aromatic rings. The smallest absolute Gasteiger partial charge is 0.319 e. The number of para-hydroxylation sites is 2. The predicted octanol–water partition coefficient (Wildman–Crippen LogP) is 2.47. The number of amides is 1. The molecule has 0 aliphatic carbocycles. The number of H-pyrrole nitrogens is 1. The second-order valence-electron chi connectivity index (χ2n) is 4.46. The van der Waals surface area contributed by atoms with Gasteiger partial charge in [0.25, 0.3) is 5.91 Å². The zero-order valence-electron chi connectivity index (χ0n) is 11.3. The third-order valence-corrected chi connectivity index (χ3v) is 3.26. The van der Waals surface area contributed by atoms with E-state index >= 15 is 0 Å². The van der Waals surface area contributed by atoms with Crippen LogP contribution in [-0.2, 0) is 0 Å². The summed E-state index contributed by atoms with van der Waals surface area (Å²) >= 11 is 6.04. The number of hydrogen-bond acceptors (Lipinski definition) is 3. The fourth-order valence-electron chi connectivity index (χ4n) is 1.93. The van der Waals surface area contributed by atoms with Gasteiger partial charge in [0.05, 0.1) is 10.7 Å². The molecular formula is C15H11ClN4O2. The Bertz CT molecular complexity index is 871.